The first-order chi connectivity index (χ1) is 8.22. The zero-order valence-electron chi connectivity index (χ0n) is 9.33. The highest BCUT2D eigenvalue weighted by Crippen LogP contribution is 2.27. The van der Waals surface area contributed by atoms with Crippen LogP contribution in [0.1, 0.15) is 5.69 Å². The Morgan fingerprint density at radius 2 is 2.12 bits per heavy atom. The van der Waals surface area contributed by atoms with E-state index in [0.29, 0.717) is 11.4 Å². The van der Waals surface area contributed by atoms with Crippen molar-refractivity contribution < 1.29 is 5.11 Å². The monoisotopic (exact) mass is 225 g/mol. The number of hydrogen-bond donors (Lipinski definition) is 1. The lowest BCUT2D eigenvalue weighted by Crippen LogP contribution is -2.11. The molecule has 4 nitrogen and oxygen atoms in total. The van der Waals surface area contributed by atoms with E-state index in [1.54, 1.807) is 30.5 Å². The Hall–Kier alpha value is -2.54. The molecule has 1 aromatic carbocycles. The van der Waals surface area contributed by atoms with E-state index in [1.165, 1.54) is 0 Å². The van der Waals surface area contributed by atoms with Crippen molar-refractivity contribution in [2.75, 3.05) is 11.9 Å². The van der Waals surface area contributed by atoms with Gasteiger partial charge in [-0.2, -0.15) is 5.26 Å². The normalized spacial score (nSPS) is 9.65. The zero-order valence-corrected chi connectivity index (χ0v) is 9.33. The van der Waals surface area contributed by atoms with Crippen LogP contribution in [-0.2, 0) is 0 Å². The first-order valence-electron chi connectivity index (χ1n) is 5.10. The van der Waals surface area contributed by atoms with Crippen molar-refractivity contribution in [1.82, 2.24) is 4.98 Å². The standard InChI is InChI=1S/C13H11N3O/c1-16(10-4-2-5-11(17)8-10)13-6-3-7-15-12(13)9-14/h2-8,17H,1H3. The van der Waals surface area contributed by atoms with Gasteiger partial charge < -0.3 is 10.0 Å². The van der Waals surface area contributed by atoms with Crippen molar-refractivity contribution in [3.63, 3.8) is 0 Å². The van der Waals surface area contributed by atoms with Crippen molar-refractivity contribution in [3.05, 3.63) is 48.3 Å². The second kappa shape index (κ2) is 4.54. The highest BCUT2D eigenvalue weighted by atomic mass is 16.3. The number of benzene rings is 1. The zero-order chi connectivity index (χ0) is 12.3. The maximum Gasteiger partial charge on any atom is 0.164 e. The minimum atomic E-state index is 0.191. The Balaban J connectivity index is 2.44. The molecule has 1 N–H and O–H groups in total. The summed E-state index contributed by atoms with van der Waals surface area (Å²) in [6.45, 7) is 0. The van der Waals surface area contributed by atoms with Gasteiger partial charge in [-0.15, -0.1) is 0 Å². The summed E-state index contributed by atoms with van der Waals surface area (Å²) in [5.74, 6) is 0.191. The number of hydrogen-bond acceptors (Lipinski definition) is 4. The smallest absolute Gasteiger partial charge is 0.164 e. The summed E-state index contributed by atoms with van der Waals surface area (Å²) in [5, 5.41) is 18.4. The van der Waals surface area contributed by atoms with Gasteiger partial charge in [-0.1, -0.05) is 6.07 Å². The molecule has 0 atom stereocenters. The predicted molar refractivity (Wildman–Crippen MR) is 65.1 cm³/mol. The molecule has 4 heteroatoms. The lowest BCUT2D eigenvalue weighted by atomic mass is 10.2. The fraction of sp³-hybridized carbons (Fsp3) is 0.0769. The fourth-order valence-corrected chi connectivity index (χ4v) is 1.59. The molecule has 17 heavy (non-hydrogen) atoms. The number of phenolic OH excluding ortho intramolecular Hbond substituents is 1. The molecule has 2 aromatic rings. The van der Waals surface area contributed by atoms with Crippen LogP contribution in [0.3, 0.4) is 0 Å². The number of aromatic nitrogens is 1. The van der Waals surface area contributed by atoms with Crippen LogP contribution < -0.4 is 4.90 Å². The Labute approximate surface area is 99.4 Å². The Morgan fingerprint density at radius 1 is 1.29 bits per heavy atom. The van der Waals surface area contributed by atoms with Crippen molar-refractivity contribution in [2.24, 2.45) is 0 Å². The van der Waals surface area contributed by atoms with E-state index in [-0.39, 0.29) is 5.75 Å². The molecule has 0 amide bonds. The van der Waals surface area contributed by atoms with Crippen molar-refractivity contribution in [1.29, 1.82) is 5.26 Å². The molecule has 2 rings (SSSR count). The maximum atomic E-state index is 9.43. The summed E-state index contributed by atoms with van der Waals surface area (Å²) in [6.07, 6.45) is 1.58. The number of nitrogens with zero attached hydrogens (tertiary/aromatic N) is 3. The van der Waals surface area contributed by atoms with Crippen LogP contribution in [0.2, 0.25) is 0 Å². The van der Waals surface area contributed by atoms with Crippen LogP contribution in [0.25, 0.3) is 0 Å². The van der Waals surface area contributed by atoms with Crippen LogP contribution in [0.4, 0.5) is 11.4 Å². The van der Waals surface area contributed by atoms with E-state index in [1.807, 2.05) is 30.1 Å². The molecule has 0 aliphatic rings. The highest BCUT2D eigenvalue weighted by molar-refractivity contribution is 5.67. The molecule has 1 heterocycles. The average Bonchev–Trinajstić information content (AvgIpc) is 2.38. The van der Waals surface area contributed by atoms with Gasteiger partial charge in [0.25, 0.3) is 0 Å². The number of nitriles is 1. The second-order valence-electron chi connectivity index (χ2n) is 3.56. The number of pyridine rings is 1. The van der Waals surface area contributed by atoms with Crippen LogP contribution in [0.5, 0.6) is 5.75 Å². The van der Waals surface area contributed by atoms with Crippen molar-refractivity contribution in [2.45, 2.75) is 0 Å². The van der Waals surface area contributed by atoms with E-state index in [0.717, 1.165) is 5.69 Å². The van der Waals surface area contributed by atoms with E-state index in [2.05, 4.69) is 4.98 Å². The molecule has 84 valence electrons. The lowest BCUT2D eigenvalue weighted by Gasteiger charge is -2.19. The molecule has 0 fully saturated rings. The van der Waals surface area contributed by atoms with Crippen molar-refractivity contribution in [3.8, 4) is 11.8 Å². The third-order valence-corrected chi connectivity index (χ3v) is 2.47. The van der Waals surface area contributed by atoms with Gasteiger partial charge in [-0.25, -0.2) is 4.98 Å². The molecule has 0 spiro atoms. The van der Waals surface area contributed by atoms with Gasteiger partial charge in [0.1, 0.15) is 11.8 Å². The molecule has 1 aromatic heterocycles. The van der Waals surface area contributed by atoms with Gasteiger partial charge in [0.15, 0.2) is 5.69 Å². The van der Waals surface area contributed by atoms with Crippen LogP contribution in [0, 0.1) is 11.3 Å². The molecular formula is C13H11N3O. The topological polar surface area (TPSA) is 60.1 Å². The third-order valence-electron chi connectivity index (χ3n) is 2.47. The molecule has 0 saturated carbocycles. The summed E-state index contributed by atoms with van der Waals surface area (Å²) in [6, 6.07) is 12.5. The van der Waals surface area contributed by atoms with E-state index in [9.17, 15) is 5.11 Å². The Morgan fingerprint density at radius 3 is 2.82 bits per heavy atom. The fourth-order valence-electron chi connectivity index (χ4n) is 1.59. The predicted octanol–water partition coefficient (Wildman–Crippen LogP) is 2.43. The van der Waals surface area contributed by atoms with Crippen molar-refractivity contribution >= 4 is 11.4 Å². The minimum Gasteiger partial charge on any atom is -0.508 e. The first-order valence-corrected chi connectivity index (χ1v) is 5.10. The number of aromatic hydroxyl groups is 1. The van der Waals surface area contributed by atoms with Gasteiger partial charge in [0.2, 0.25) is 0 Å². The molecular weight excluding hydrogens is 214 g/mol. The molecule has 0 unspecified atom stereocenters. The second-order valence-corrected chi connectivity index (χ2v) is 3.56. The molecule has 0 aliphatic heterocycles. The largest absolute Gasteiger partial charge is 0.508 e. The third kappa shape index (κ3) is 2.18. The van der Waals surface area contributed by atoms with Gasteiger partial charge in [0, 0.05) is 25.0 Å². The Bertz CT molecular complexity index is 575. The summed E-state index contributed by atoms with van der Waals surface area (Å²) in [4.78, 5) is 5.81. The van der Waals surface area contributed by atoms with Gasteiger partial charge in [-0.05, 0) is 24.3 Å². The highest BCUT2D eigenvalue weighted by Gasteiger charge is 2.09. The van der Waals surface area contributed by atoms with Gasteiger partial charge in [-0.3, -0.25) is 0 Å². The number of phenols is 1. The van der Waals surface area contributed by atoms with E-state index in [4.69, 9.17) is 5.26 Å². The lowest BCUT2D eigenvalue weighted by molar-refractivity contribution is 0.475. The number of anilines is 2. The van der Waals surface area contributed by atoms with E-state index >= 15 is 0 Å². The first kappa shape index (κ1) is 11.0. The summed E-state index contributed by atoms with van der Waals surface area (Å²) >= 11 is 0. The van der Waals surface area contributed by atoms with Gasteiger partial charge >= 0.3 is 0 Å². The SMILES string of the molecule is CN(c1cccc(O)c1)c1cccnc1C#N. The molecule has 0 bridgehead atoms. The van der Waals surface area contributed by atoms with Crippen LogP contribution >= 0.6 is 0 Å². The molecule has 0 saturated heterocycles. The molecule has 0 aliphatic carbocycles. The molecule has 0 radical (unpaired) electrons. The van der Waals surface area contributed by atoms with Crippen LogP contribution in [-0.4, -0.2) is 17.1 Å². The van der Waals surface area contributed by atoms with Gasteiger partial charge in [0.05, 0.1) is 5.69 Å². The van der Waals surface area contributed by atoms with E-state index < -0.39 is 0 Å². The Kier molecular flexibility index (Phi) is 2.93. The average molecular weight is 225 g/mol. The quantitative estimate of drug-likeness (QED) is 0.852. The summed E-state index contributed by atoms with van der Waals surface area (Å²) < 4.78 is 0. The minimum absolute atomic E-state index is 0.191. The van der Waals surface area contributed by atoms with Crippen LogP contribution in [0.15, 0.2) is 42.6 Å². The maximum absolute atomic E-state index is 9.43. The number of rotatable bonds is 2. The summed E-state index contributed by atoms with van der Waals surface area (Å²) in [5.41, 5.74) is 1.87. The summed E-state index contributed by atoms with van der Waals surface area (Å²) in [7, 11) is 1.83.